The molecule has 0 aliphatic heterocycles. The van der Waals surface area contributed by atoms with Crippen LogP contribution in [-0.2, 0) is 6.42 Å². The van der Waals surface area contributed by atoms with E-state index < -0.39 is 0 Å². The Hall–Kier alpha value is -13.4. The van der Waals surface area contributed by atoms with Gasteiger partial charge in [-0.25, -0.2) is 77.4 Å². The number of para-hydroxylation sites is 1. The van der Waals surface area contributed by atoms with Crippen molar-refractivity contribution >= 4 is 72.5 Å². The molecule has 9 aliphatic carbocycles. The van der Waals surface area contributed by atoms with E-state index in [0.29, 0.717) is 109 Å². The summed E-state index contributed by atoms with van der Waals surface area (Å²) in [5.41, 5.74) is 16.8. The zero-order valence-corrected chi connectivity index (χ0v) is 75.1. The van der Waals surface area contributed by atoms with Gasteiger partial charge in [0.1, 0.15) is 63.3 Å². The predicted octanol–water partition coefficient (Wildman–Crippen LogP) is 26.1. The molecule has 12 aromatic heterocycles. The van der Waals surface area contributed by atoms with Gasteiger partial charge in [-0.15, -0.1) is 0 Å². The molecule has 0 spiro atoms. The first-order valence-electron chi connectivity index (χ1n) is 46.7. The molecule has 131 heavy (non-hydrogen) atoms. The molecular formula is C108H109F4N19. The summed E-state index contributed by atoms with van der Waals surface area (Å²) in [5.74, 6) is 10.5. The van der Waals surface area contributed by atoms with E-state index in [-0.39, 0.29) is 34.7 Å². The number of anilines is 3. The lowest BCUT2D eigenvalue weighted by Gasteiger charge is -2.47. The van der Waals surface area contributed by atoms with Crippen molar-refractivity contribution < 1.29 is 17.6 Å². The molecule has 0 saturated heterocycles. The number of rotatable bonds is 17. The number of aryl methyl sites for hydroxylation is 1. The van der Waals surface area contributed by atoms with Gasteiger partial charge in [-0.05, 0) is 215 Å². The van der Waals surface area contributed by atoms with E-state index in [0.717, 1.165) is 138 Å². The molecule has 12 heterocycles. The molecule has 6 bridgehead atoms. The smallest absolute Gasteiger partial charge is 0.164 e. The second-order valence-electron chi connectivity index (χ2n) is 38.4. The molecule has 9 fully saturated rings. The van der Waals surface area contributed by atoms with Gasteiger partial charge in [0.2, 0.25) is 0 Å². The number of nitrogens with one attached hydrogen (secondary N) is 7. The molecule has 9 saturated carbocycles. The Labute approximate surface area is 759 Å². The number of pyridine rings is 4. The largest absolute Gasteiger partial charge is 0.367 e. The molecule has 7 N–H and O–H groups in total. The SMILES string of the molecule is CC[C@@H](Nc1nc(-c2c[nH]c3ncc(F)cc23)nc2ccccc12)C(C)(C)C.C[C@H]1C2CCC(CC2)[C@@H]1Cc1cc(-c2ccccc2)nc(-c2c[nH]c3ncc(F)cc23)n1.C[C@H]1C2CCC(CC2)[C@@H]1Nc1cc(-c2ccc(-c3ccccc3)cc2)nc(-c2c[nH]c3ncc(F)cc23)n1.Cc1ccc(-c2cc(N[C@H]3C4CCC(CC4)[C@@H]3C)nc(-c3c[nH]c4ncc(F)cc34)n2)cc1. The summed E-state index contributed by atoms with van der Waals surface area (Å²) in [4.78, 5) is 68.4. The molecule has 0 radical (unpaired) electrons. The Balaban J connectivity index is 0.000000110. The lowest BCUT2D eigenvalue weighted by atomic mass is 9.58. The minimum Gasteiger partial charge on any atom is -0.367 e. The van der Waals surface area contributed by atoms with Gasteiger partial charge in [-0.2, -0.15) is 0 Å². The zero-order chi connectivity index (χ0) is 89.7. The highest BCUT2D eigenvalue weighted by Gasteiger charge is 2.44. The highest BCUT2D eigenvalue weighted by Crippen LogP contribution is 2.52. The molecule has 19 nitrogen and oxygen atoms in total. The van der Waals surface area contributed by atoms with Crippen molar-refractivity contribution in [2.45, 2.75) is 163 Å². The lowest BCUT2D eigenvalue weighted by molar-refractivity contribution is 0.0339. The number of halogens is 4. The Kier molecular flexibility index (Phi) is 23.9. The fraction of sp³-hybridized carbons (Fsp3) is 0.333. The van der Waals surface area contributed by atoms with Crippen LogP contribution in [0.4, 0.5) is 35.0 Å². The van der Waals surface area contributed by atoms with Gasteiger partial charge in [0, 0.05) is 127 Å². The van der Waals surface area contributed by atoms with Crippen LogP contribution in [0.5, 0.6) is 0 Å². The standard InChI is InChI=1S/C32H30FN5.C27H28FN5.C27H27FN4.C22H24FN5/c1-19-20-7-13-24(14-8-20)30(19)37-29-16-28(23-11-9-22(10-12-23)21-5-3-2-4-6-21)36-32(38-29)27-18-35-31-26(27)15-25(33)17-34-31;1-15-3-5-18(6-4-15)23-12-24(32-25-16(2)17-7-9-19(25)10-8-17)33-27(31-23)22-14-30-26-21(22)11-20(28)13-29-26;1-16-17-7-9-18(10-8-17)22(16)12-21-13-25(19-5-3-2-4-6-19)32-27(31-21)24-15-30-26-23(24)11-20(28)14-29-26;1-5-18(22(2,3)4)27-20-14-8-6-7-9-17(14)26-21(28-20)16-12-25-19-15(16)10-13(23)11-24-19/h2-6,9-12,15-20,24,30H,7-8,13-14H2,1H3,(H,34,35)(H,36,37,38);3-6,11-14,16-17,19,25H,7-10H2,1-2H3,(H,29,30)(H,31,32,33);2-6,11,13-18,22H,7-10,12H2,1H3,(H,29,30);6-12,18H,5H2,1-4H3,(H,24,25)(H,26,27,28)/t19-,20?,24?,30+;16-,17?,19?,25+;16-,17?,18?,22+;18-/m0001/s1. The zero-order valence-electron chi connectivity index (χ0n) is 75.1. The number of H-pyrrole nitrogens is 4. The van der Waals surface area contributed by atoms with Crippen LogP contribution in [0.2, 0.25) is 0 Å². The van der Waals surface area contributed by atoms with E-state index in [2.05, 4.69) is 214 Å². The van der Waals surface area contributed by atoms with E-state index in [1.165, 1.54) is 137 Å². The summed E-state index contributed by atoms with van der Waals surface area (Å²) in [6.45, 7) is 18.1. The molecular weight excluding hydrogens is 1640 g/mol. The van der Waals surface area contributed by atoms with E-state index in [9.17, 15) is 17.6 Å². The Morgan fingerprint density at radius 1 is 0.366 bits per heavy atom. The maximum absolute atomic E-state index is 14.1. The average Bonchev–Trinajstić information content (AvgIpc) is 1.44. The second-order valence-corrected chi connectivity index (χ2v) is 38.4. The van der Waals surface area contributed by atoms with Crippen molar-refractivity contribution in [1.82, 2.24) is 79.7 Å². The van der Waals surface area contributed by atoms with Crippen molar-refractivity contribution in [2.75, 3.05) is 16.0 Å². The van der Waals surface area contributed by atoms with Crippen LogP contribution >= 0.6 is 0 Å². The first kappa shape index (κ1) is 85.6. The quantitative estimate of drug-likeness (QED) is 0.0419. The van der Waals surface area contributed by atoms with Crippen molar-refractivity contribution in [1.29, 1.82) is 0 Å². The van der Waals surface area contributed by atoms with Gasteiger partial charge in [0.05, 0.1) is 47.4 Å². The number of aromatic amines is 4. The minimum absolute atomic E-state index is 0.0782. The third-order valence-corrected chi connectivity index (χ3v) is 29.4. The molecule has 9 aliphatic rings. The predicted molar refractivity (Wildman–Crippen MR) is 515 cm³/mol. The second kappa shape index (κ2) is 36.5. The van der Waals surface area contributed by atoms with Crippen molar-refractivity contribution in [3.63, 3.8) is 0 Å². The van der Waals surface area contributed by atoms with Gasteiger partial charge < -0.3 is 35.9 Å². The van der Waals surface area contributed by atoms with E-state index >= 15 is 0 Å². The van der Waals surface area contributed by atoms with Gasteiger partial charge >= 0.3 is 0 Å². The lowest BCUT2D eigenvalue weighted by Crippen LogP contribution is -2.47. The number of benzene rings is 5. The fourth-order valence-corrected chi connectivity index (χ4v) is 22.1. The minimum atomic E-state index is -0.383. The van der Waals surface area contributed by atoms with Crippen LogP contribution in [0, 0.1) is 94.8 Å². The topological polar surface area (TPSA) is 254 Å². The molecule has 5 aromatic carbocycles. The highest BCUT2D eigenvalue weighted by molar-refractivity contribution is 5.97. The fourth-order valence-electron chi connectivity index (χ4n) is 22.1. The monoisotopic (exact) mass is 1750 g/mol. The molecule has 0 amide bonds. The molecule has 23 heteroatoms. The van der Waals surface area contributed by atoms with Gasteiger partial charge in [0.25, 0.3) is 0 Å². The van der Waals surface area contributed by atoms with Crippen LogP contribution in [0.3, 0.4) is 0 Å². The number of hydrogen-bond acceptors (Lipinski definition) is 15. The van der Waals surface area contributed by atoms with Crippen molar-refractivity contribution in [3.8, 4) is 90.5 Å². The van der Waals surface area contributed by atoms with Crippen LogP contribution in [0.1, 0.15) is 143 Å². The van der Waals surface area contributed by atoms with E-state index in [4.69, 9.17) is 39.9 Å². The summed E-state index contributed by atoms with van der Waals surface area (Å²) in [5, 5.41) is 15.0. The van der Waals surface area contributed by atoms with Crippen LogP contribution in [0.15, 0.2) is 225 Å². The number of aromatic nitrogens is 16. The maximum Gasteiger partial charge on any atom is 0.164 e. The number of hydrogen-bond donors (Lipinski definition) is 7. The number of nitrogens with zero attached hydrogens (tertiary/aromatic N) is 12. The highest BCUT2D eigenvalue weighted by atomic mass is 19.1. The summed E-state index contributed by atoms with van der Waals surface area (Å²) >= 11 is 0. The summed E-state index contributed by atoms with van der Waals surface area (Å²) in [7, 11) is 0. The first-order chi connectivity index (χ1) is 63.7. The molecule has 7 atom stereocenters. The Morgan fingerprint density at radius 2 is 0.725 bits per heavy atom. The van der Waals surface area contributed by atoms with Crippen LogP contribution < -0.4 is 16.0 Å². The third-order valence-electron chi connectivity index (χ3n) is 29.4. The molecule has 0 unspecified atom stereocenters. The van der Waals surface area contributed by atoms with Gasteiger partial charge in [-0.3, -0.25) is 0 Å². The maximum atomic E-state index is 14.1. The third kappa shape index (κ3) is 18.0. The summed E-state index contributed by atoms with van der Waals surface area (Å²) in [6.07, 6.45) is 30.1. The van der Waals surface area contributed by atoms with Crippen molar-refractivity contribution in [3.05, 3.63) is 260 Å². The van der Waals surface area contributed by atoms with Crippen molar-refractivity contribution in [2.24, 2.45) is 64.6 Å². The van der Waals surface area contributed by atoms with E-state index in [1.807, 2.05) is 67.1 Å². The normalized spacial score (nSPS) is 21.6. The molecule has 664 valence electrons. The van der Waals surface area contributed by atoms with Gasteiger partial charge in [0.15, 0.2) is 23.3 Å². The molecule has 17 aromatic rings. The molecule has 26 rings (SSSR count). The Morgan fingerprint density at radius 3 is 1.15 bits per heavy atom. The first-order valence-corrected chi connectivity index (χ1v) is 46.7. The average molecular weight is 1750 g/mol. The Bertz CT molecular complexity index is 6940. The number of fused-ring (bicyclic) bond motifs is 14. The van der Waals surface area contributed by atoms with E-state index in [1.54, 1.807) is 6.20 Å². The van der Waals surface area contributed by atoms with Crippen LogP contribution in [-0.4, -0.2) is 97.9 Å². The van der Waals surface area contributed by atoms with Crippen LogP contribution in [0.25, 0.3) is 145 Å². The summed E-state index contributed by atoms with van der Waals surface area (Å²) < 4.78 is 55.8. The summed E-state index contributed by atoms with van der Waals surface area (Å²) in [6, 6.07) is 58.7. The van der Waals surface area contributed by atoms with Gasteiger partial charge in [-0.1, -0.05) is 175 Å².